The maximum absolute atomic E-state index is 12.6. The highest BCUT2D eigenvalue weighted by Gasteiger charge is 2.49. The van der Waals surface area contributed by atoms with Crippen molar-refractivity contribution < 1.29 is 9.59 Å². The van der Waals surface area contributed by atoms with E-state index >= 15 is 0 Å². The van der Waals surface area contributed by atoms with Crippen molar-refractivity contribution in [2.24, 2.45) is 0 Å². The van der Waals surface area contributed by atoms with Gasteiger partial charge in [0, 0.05) is 6.54 Å². The van der Waals surface area contributed by atoms with Gasteiger partial charge in [-0.1, -0.05) is 50.0 Å². The summed E-state index contributed by atoms with van der Waals surface area (Å²) < 4.78 is 1.51. The van der Waals surface area contributed by atoms with Gasteiger partial charge in [0.2, 0.25) is 5.91 Å². The summed E-state index contributed by atoms with van der Waals surface area (Å²) in [4.78, 5) is 26.7. The number of carbonyl (C=O) groups excluding carboxylic acids is 2. The summed E-state index contributed by atoms with van der Waals surface area (Å²) in [6, 6.07) is 8.94. The lowest BCUT2D eigenvalue weighted by Crippen LogP contribution is -2.50. The third-order valence-electron chi connectivity index (χ3n) is 3.33. The molecule has 1 unspecified atom stereocenters. The molecule has 102 valence electrons. The molecule has 0 aromatic heterocycles. The van der Waals surface area contributed by atoms with Crippen LogP contribution in [-0.4, -0.2) is 36.2 Å². The van der Waals surface area contributed by atoms with Gasteiger partial charge in [-0.25, -0.2) is 4.79 Å². The number of amides is 3. The second kappa shape index (κ2) is 4.81. The van der Waals surface area contributed by atoms with Crippen LogP contribution in [0.5, 0.6) is 0 Å². The van der Waals surface area contributed by atoms with Crippen LogP contribution in [0.4, 0.5) is 4.79 Å². The van der Waals surface area contributed by atoms with Crippen molar-refractivity contribution >= 4 is 20.2 Å². The van der Waals surface area contributed by atoms with Crippen molar-refractivity contribution in [2.45, 2.75) is 32.6 Å². The van der Waals surface area contributed by atoms with Crippen LogP contribution in [0.3, 0.4) is 0 Å². The molecule has 0 bridgehead atoms. The minimum Gasteiger partial charge on any atom is -0.309 e. The first kappa shape index (κ1) is 13.8. The number of nitrogens with zero attached hydrogens (tertiary/aromatic N) is 2. The second-order valence-corrected chi connectivity index (χ2v) is 10.5. The van der Waals surface area contributed by atoms with Crippen LogP contribution in [0.15, 0.2) is 30.3 Å². The van der Waals surface area contributed by atoms with E-state index in [4.69, 9.17) is 0 Å². The summed E-state index contributed by atoms with van der Waals surface area (Å²) in [6.07, 6.45) is 0. The van der Waals surface area contributed by atoms with Gasteiger partial charge >= 0.3 is 6.03 Å². The molecule has 0 aliphatic carbocycles. The van der Waals surface area contributed by atoms with Crippen molar-refractivity contribution in [3.8, 4) is 0 Å². The number of benzene rings is 1. The molecule has 1 aliphatic rings. The Labute approximate surface area is 115 Å². The molecule has 19 heavy (non-hydrogen) atoms. The Morgan fingerprint density at radius 3 is 2.16 bits per heavy atom. The van der Waals surface area contributed by atoms with Crippen molar-refractivity contribution in [2.75, 3.05) is 6.54 Å². The normalized spacial score (nSPS) is 20.3. The van der Waals surface area contributed by atoms with Gasteiger partial charge in [0.1, 0.15) is 6.04 Å². The molecule has 1 aliphatic heterocycles. The van der Waals surface area contributed by atoms with Crippen LogP contribution < -0.4 is 0 Å². The van der Waals surface area contributed by atoms with Gasteiger partial charge in [-0.15, -0.1) is 0 Å². The van der Waals surface area contributed by atoms with E-state index in [1.807, 2.05) is 56.9 Å². The maximum atomic E-state index is 12.6. The van der Waals surface area contributed by atoms with E-state index in [2.05, 4.69) is 0 Å². The molecule has 1 aromatic carbocycles. The molecule has 0 spiro atoms. The molecule has 1 heterocycles. The topological polar surface area (TPSA) is 40.6 Å². The monoisotopic (exact) mass is 276 g/mol. The highest BCUT2D eigenvalue weighted by atomic mass is 28.3. The Hall–Kier alpha value is -1.62. The quantitative estimate of drug-likeness (QED) is 0.629. The van der Waals surface area contributed by atoms with Crippen LogP contribution in [-0.2, 0) is 4.79 Å². The Balaban J connectivity index is 2.45. The van der Waals surface area contributed by atoms with E-state index in [9.17, 15) is 9.59 Å². The van der Waals surface area contributed by atoms with Gasteiger partial charge in [0.05, 0.1) is 0 Å². The highest BCUT2D eigenvalue weighted by Crippen LogP contribution is 2.33. The zero-order valence-corrected chi connectivity index (χ0v) is 12.9. The third kappa shape index (κ3) is 2.30. The largest absolute Gasteiger partial charge is 0.319 e. The number of imide groups is 1. The van der Waals surface area contributed by atoms with Gasteiger partial charge < -0.3 is 4.90 Å². The number of urea groups is 1. The smallest absolute Gasteiger partial charge is 0.309 e. The predicted molar refractivity (Wildman–Crippen MR) is 77.2 cm³/mol. The SMILES string of the molecule is CCN1C(=O)N([Si](C)(C)C)C(=O)C1c1ccccc1. The summed E-state index contributed by atoms with van der Waals surface area (Å²) in [5.41, 5.74) is 0.892. The Morgan fingerprint density at radius 2 is 1.68 bits per heavy atom. The van der Waals surface area contributed by atoms with E-state index < -0.39 is 14.3 Å². The summed E-state index contributed by atoms with van der Waals surface area (Å²) in [5, 5.41) is 0. The minimum atomic E-state index is -1.99. The molecular formula is C14H20N2O2Si. The van der Waals surface area contributed by atoms with E-state index in [0.29, 0.717) is 6.54 Å². The fraction of sp³-hybridized carbons (Fsp3) is 0.429. The minimum absolute atomic E-state index is 0.0720. The molecule has 0 saturated carbocycles. The lowest BCUT2D eigenvalue weighted by Gasteiger charge is -2.27. The number of carbonyl (C=O) groups is 2. The van der Waals surface area contributed by atoms with Crippen LogP contribution in [0.2, 0.25) is 19.6 Å². The fourth-order valence-corrected chi connectivity index (χ4v) is 3.97. The van der Waals surface area contributed by atoms with Crippen LogP contribution in [0, 0.1) is 0 Å². The molecule has 1 atom stereocenters. The lowest BCUT2D eigenvalue weighted by molar-refractivity contribution is -0.125. The van der Waals surface area contributed by atoms with Crippen LogP contribution in [0.1, 0.15) is 18.5 Å². The van der Waals surface area contributed by atoms with Crippen molar-refractivity contribution in [1.82, 2.24) is 9.47 Å². The fourth-order valence-electron chi connectivity index (χ4n) is 2.48. The van der Waals surface area contributed by atoms with Crippen LogP contribution >= 0.6 is 0 Å². The van der Waals surface area contributed by atoms with E-state index in [1.165, 1.54) is 4.57 Å². The second-order valence-electron chi connectivity index (χ2n) is 5.73. The average Bonchev–Trinajstić information content (AvgIpc) is 2.60. The standard InChI is InChI=1S/C14H20N2O2Si/c1-5-15-12(11-9-7-6-8-10-11)13(17)16(14(15)18)19(2,3)4/h6-10,12H,5H2,1-4H3. The molecule has 5 heteroatoms. The zero-order valence-electron chi connectivity index (χ0n) is 11.9. The summed E-state index contributed by atoms with van der Waals surface area (Å²) in [6.45, 7) is 8.51. The van der Waals surface area contributed by atoms with Gasteiger partial charge in [-0.05, 0) is 12.5 Å². The molecule has 3 amide bonds. The third-order valence-corrected chi connectivity index (χ3v) is 5.08. The summed E-state index contributed by atoms with van der Waals surface area (Å²) in [7, 11) is -1.99. The zero-order chi connectivity index (χ0) is 14.2. The number of hydrogen-bond donors (Lipinski definition) is 0. The number of likely N-dealkylation sites (N-methyl/N-ethyl adjacent to an activating group) is 1. The molecule has 1 aromatic rings. The van der Waals surface area contributed by atoms with E-state index in [0.717, 1.165) is 5.56 Å². The Morgan fingerprint density at radius 1 is 1.11 bits per heavy atom. The van der Waals surface area contributed by atoms with Crippen molar-refractivity contribution in [1.29, 1.82) is 0 Å². The van der Waals surface area contributed by atoms with Gasteiger partial charge in [-0.2, -0.15) is 0 Å². The Bertz CT molecular complexity index is 496. The first-order chi connectivity index (χ1) is 8.88. The number of hydrogen-bond acceptors (Lipinski definition) is 2. The first-order valence-corrected chi connectivity index (χ1v) is 10.0. The van der Waals surface area contributed by atoms with Crippen LogP contribution in [0.25, 0.3) is 0 Å². The average molecular weight is 276 g/mol. The molecule has 2 rings (SSSR count). The molecule has 4 nitrogen and oxygen atoms in total. The lowest BCUT2D eigenvalue weighted by atomic mass is 10.1. The van der Waals surface area contributed by atoms with Gasteiger partial charge in [0.25, 0.3) is 0 Å². The van der Waals surface area contributed by atoms with E-state index in [-0.39, 0.29) is 11.9 Å². The summed E-state index contributed by atoms with van der Waals surface area (Å²) >= 11 is 0. The van der Waals surface area contributed by atoms with Gasteiger partial charge in [0.15, 0.2) is 8.24 Å². The van der Waals surface area contributed by atoms with E-state index in [1.54, 1.807) is 4.90 Å². The molecule has 0 radical (unpaired) electrons. The molecule has 1 fully saturated rings. The summed E-state index contributed by atoms with van der Waals surface area (Å²) in [5.74, 6) is -0.0720. The first-order valence-electron chi connectivity index (χ1n) is 6.57. The number of rotatable bonds is 3. The van der Waals surface area contributed by atoms with Crippen molar-refractivity contribution in [3.63, 3.8) is 0 Å². The maximum Gasteiger partial charge on any atom is 0.319 e. The Kier molecular flexibility index (Phi) is 3.49. The van der Waals surface area contributed by atoms with Crippen molar-refractivity contribution in [3.05, 3.63) is 35.9 Å². The van der Waals surface area contributed by atoms with Gasteiger partial charge in [-0.3, -0.25) is 9.36 Å². The molecular weight excluding hydrogens is 256 g/mol. The molecule has 0 N–H and O–H groups in total. The molecule has 1 saturated heterocycles. The predicted octanol–water partition coefficient (Wildman–Crippen LogP) is 2.85. The highest BCUT2D eigenvalue weighted by molar-refractivity contribution is 6.78.